The van der Waals surface area contributed by atoms with Gasteiger partial charge in [-0.3, -0.25) is 9.59 Å². The third-order valence-corrected chi connectivity index (χ3v) is 4.06. The topological polar surface area (TPSA) is 78.1 Å². The molecule has 2 N–H and O–H groups in total. The van der Waals surface area contributed by atoms with Crippen molar-refractivity contribution >= 4 is 29.2 Å². The summed E-state index contributed by atoms with van der Waals surface area (Å²) in [5.41, 5.74) is 0.521. The predicted octanol–water partition coefficient (Wildman–Crippen LogP) is 1.10. The number of halogens is 1. The van der Waals surface area contributed by atoms with Crippen LogP contribution < -0.4 is 10.9 Å². The number of benzene rings is 1. The Balaban J connectivity index is 0.00000192. The van der Waals surface area contributed by atoms with Gasteiger partial charge in [0.1, 0.15) is 5.82 Å². The normalized spacial score (nSPS) is 17.8. The van der Waals surface area contributed by atoms with Gasteiger partial charge in [0.05, 0.1) is 10.9 Å². The SMILES string of the molecule is C[C@H]1CNCCN1C(=O)CCc1nc2ccccc2c(=O)[nH]1.Cl. The number of hydrogen-bond acceptors (Lipinski definition) is 4. The molecule has 1 atom stereocenters. The summed E-state index contributed by atoms with van der Waals surface area (Å²) in [6.45, 7) is 4.44. The van der Waals surface area contributed by atoms with Crippen molar-refractivity contribution in [2.75, 3.05) is 19.6 Å². The van der Waals surface area contributed by atoms with E-state index in [0.717, 1.165) is 19.6 Å². The Morgan fingerprint density at radius 3 is 2.96 bits per heavy atom. The molecule has 2 aromatic rings. The number of aryl methyl sites for hydroxylation is 1. The van der Waals surface area contributed by atoms with Crippen LogP contribution in [0.25, 0.3) is 10.9 Å². The Kier molecular flexibility index (Phi) is 5.74. The molecule has 23 heavy (non-hydrogen) atoms. The van der Waals surface area contributed by atoms with Gasteiger partial charge in [0, 0.05) is 38.5 Å². The molecule has 1 fully saturated rings. The number of piperazine rings is 1. The van der Waals surface area contributed by atoms with E-state index in [0.29, 0.717) is 29.6 Å². The molecule has 7 heteroatoms. The number of nitrogens with one attached hydrogen (secondary N) is 2. The number of para-hydroxylation sites is 1. The first-order valence-corrected chi connectivity index (χ1v) is 7.63. The van der Waals surface area contributed by atoms with E-state index in [4.69, 9.17) is 0 Å². The minimum absolute atomic E-state index is 0. The van der Waals surface area contributed by atoms with Gasteiger partial charge >= 0.3 is 0 Å². The monoisotopic (exact) mass is 336 g/mol. The average molecular weight is 337 g/mol. The fourth-order valence-corrected chi connectivity index (χ4v) is 2.83. The average Bonchev–Trinajstić information content (AvgIpc) is 2.53. The maximum absolute atomic E-state index is 12.3. The second kappa shape index (κ2) is 7.57. The number of aromatic amines is 1. The highest BCUT2D eigenvalue weighted by Gasteiger charge is 2.22. The fourth-order valence-electron chi connectivity index (χ4n) is 2.83. The Morgan fingerprint density at radius 2 is 2.17 bits per heavy atom. The van der Waals surface area contributed by atoms with Gasteiger partial charge in [-0.25, -0.2) is 4.98 Å². The molecule has 124 valence electrons. The molecule has 6 nitrogen and oxygen atoms in total. The second-order valence-corrected chi connectivity index (χ2v) is 5.67. The predicted molar refractivity (Wildman–Crippen MR) is 92.0 cm³/mol. The van der Waals surface area contributed by atoms with Gasteiger partial charge in [0.2, 0.25) is 5.91 Å². The van der Waals surface area contributed by atoms with Crippen LogP contribution in [-0.4, -0.2) is 46.5 Å². The molecule has 0 spiro atoms. The number of rotatable bonds is 3. The molecule has 1 aliphatic heterocycles. The van der Waals surface area contributed by atoms with Crippen molar-refractivity contribution < 1.29 is 4.79 Å². The van der Waals surface area contributed by atoms with Crippen LogP contribution in [0.3, 0.4) is 0 Å². The van der Waals surface area contributed by atoms with Crippen molar-refractivity contribution in [3.05, 3.63) is 40.4 Å². The lowest BCUT2D eigenvalue weighted by Crippen LogP contribution is -2.52. The largest absolute Gasteiger partial charge is 0.337 e. The van der Waals surface area contributed by atoms with Crippen molar-refractivity contribution in [1.82, 2.24) is 20.2 Å². The molecule has 1 saturated heterocycles. The molecule has 1 aliphatic rings. The van der Waals surface area contributed by atoms with Crippen LogP contribution in [-0.2, 0) is 11.2 Å². The van der Waals surface area contributed by atoms with Crippen molar-refractivity contribution in [3.8, 4) is 0 Å². The third-order valence-electron chi connectivity index (χ3n) is 4.06. The van der Waals surface area contributed by atoms with E-state index in [9.17, 15) is 9.59 Å². The summed E-state index contributed by atoms with van der Waals surface area (Å²) in [7, 11) is 0. The van der Waals surface area contributed by atoms with E-state index >= 15 is 0 Å². The Bertz CT molecular complexity index is 746. The highest BCUT2D eigenvalue weighted by molar-refractivity contribution is 5.85. The molecular formula is C16H21ClN4O2. The highest BCUT2D eigenvalue weighted by Crippen LogP contribution is 2.09. The molecule has 0 saturated carbocycles. The standard InChI is InChI=1S/C16H20N4O2.ClH/c1-11-10-17-8-9-20(11)15(21)7-6-14-18-13-5-3-2-4-12(13)16(22)19-14;/h2-5,11,17H,6-10H2,1H3,(H,18,19,22);1H/t11-;/m0./s1. The summed E-state index contributed by atoms with van der Waals surface area (Å²) in [6, 6.07) is 7.44. The highest BCUT2D eigenvalue weighted by atomic mass is 35.5. The maximum Gasteiger partial charge on any atom is 0.258 e. The van der Waals surface area contributed by atoms with Gasteiger partial charge < -0.3 is 15.2 Å². The van der Waals surface area contributed by atoms with Gasteiger partial charge in [0.15, 0.2) is 0 Å². The molecule has 1 amide bonds. The van der Waals surface area contributed by atoms with Gasteiger partial charge in [-0.05, 0) is 19.1 Å². The molecule has 0 bridgehead atoms. The number of carbonyl (C=O) groups is 1. The summed E-state index contributed by atoms with van der Waals surface area (Å²) in [5, 5.41) is 3.84. The number of H-pyrrole nitrogens is 1. The van der Waals surface area contributed by atoms with Crippen molar-refractivity contribution in [2.24, 2.45) is 0 Å². The number of fused-ring (bicyclic) bond motifs is 1. The van der Waals surface area contributed by atoms with Crippen LogP contribution in [0.15, 0.2) is 29.1 Å². The first-order chi connectivity index (χ1) is 10.6. The molecule has 1 aromatic carbocycles. The second-order valence-electron chi connectivity index (χ2n) is 5.67. The van der Waals surface area contributed by atoms with Gasteiger partial charge in [-0.15, -0.1) is 12.4 Å². The van der Waals surface area contributed by atoms with Crippen LogP contribution in [0.5, 0.6) is 0 Å². The number of amides is 1. The van der Waals surface area contributed by atoms with Crippen LogP contribution in [0, 0.1) is 0 Å². The van der Waals surface area contributed by atoms with Crippen LogP contribution in [0.4, 0.5) is 0 Å². The zero-order valence-corrected chi connectivity index (χ0v) is 13.9. The zero-order valence-electron chi connectivity index (χ0n) is 13.0. The summed E-state index contributed by atoms with van der Waals surface area (Å²) >= 11 is 0. The van der Waals surface area contributed by atoms with Crippen LogP contribution in [0.1, 0.15) is 19.2 Å². The molecule has 0 unspecified atom stereocenters. The summed E-state index contributed by atoms with van der Waals surface area (Å²) in [4.78, 5) is 33.4. The lowest BCUT2D eigenvalue weighted by molar-refractivity contribution is -0.133. The number of hydrogen-bond donors (Lipinski definition) is 2. The third kappa shape index (κ3) is 3.89. The summed E-state index contributed by atoms with van der Waals surface area (Å²) in [5.74, 6) is 0.685. The smallest absolute Gasteiger partial charge is 0.258 e. The van der Waals surface area contributed by atoms with E-state index in [-0.39, 0.29) is 29.9 Å². The minimum atomic E-state index is -0.149. The number of carbonyl (C=O) groups excluding carboxylic acids is 1. The first-order valence-electron chi connectivity index (χ1n) is 7.63. The van der Waals surface area contributed by atoms with Crippen LogP contribution >= 0.6 is 12.4 Å². The number of nitrogens with zero attached hydrogens (tertiary/aromatic N) is 2. The number of aromatic nitrogens is 2. The quantitative estimate of drug-likeness (QED) is 0.879. The molecular weight excluding hydrogens is 316 g/mol. The van der Waals surface area contributed by atoms with Crippen molar-refractivity contribution in [1.29, 1.82) is 0 Å². The fraction of sp³-hybridized carbons (Fsp3) is 0.438. The van der Waals surface area contributed by atoms with E-state index in [1.165, 1.54) is 0 Å². The zero-order chi connectivity index (χ0) is 15.5. The lowest BCUT2D eigenvalue weighted by atomic mass is 10.1. The van der Waals surface area contributed by atoms with E-state index in [1.54, 1.807) is 6.07 Å². The summed E-state index contributed by atoms with van der Waals surface area (Å²) in [6.07, 6.45) is 0.821. The lowest BCUT2D eigenvalue weighted by Gasteiger charge is -2.34. The Morgan fingerprint density at radius 1 is 1.39 bits per heavy atom. The van der Waals surface area contributed by atoms with Gasteiger partial charge in [-0.1, -0.05) is 12.1 Å². The molecule has 3 rings (SSSR count). The van der Waals surface area contributed by atoms with E-state index in [2.05, 4.69) is 15.3 Å². The van der Waals surface area contributed by atoms with Crippen LogP contribution in [0.2, 0.25) is 0 Å². The summed E-state index contributed by atoms with van der Waals surface area (Å²) < 4.78 is 0. The van der Waals surface area contributed by atoms with E-state index < -0.39 is 0 Å². The minimum Gasteiger partial charge on any atom is -0.337 e. The molecule has 0 radical (unpaired) electrons. The molecule has 0 aliphatic carbocycles. The maximum atomic E-state index is 12.3. The molecule has 2 heterocycles. The Hall–Kier alpha value is -1.92. The van der Waals surface area contributed by atoms with Crippen molar-refractivity contribution in [3.63, 3.8) is 0 Å². The Labute approximate surface area is 140 Å². The first kappa shape index (κ1) is 17.4. The van der Waals surface area contributed by atoms with Gasteiger partial charge in [0.25, 0.3) is 5.56 Å². The van der Waals surface area contributed by atoms with Crippen molar-refractivity contribution in [2.45, 2.75) is 25.8 Å². The van der Waals surface area contributed by atoms with Gasteiger partial charge in [-0.2, -0.15) is 0 Å². The van der Waals surface area contributed by atoms with E-state index in [1.807, 2.05) is 30.0 Å². The molecule has 1 aromatic heterocycles.